The van der Waals surface area contributed by atoms with Crippen LogP contribution >= 0.6 is 12.6 Å². The van der Waals surface area contributed by atoms with Gasteiger partial charge in [0.15, 0.2) is 0 Å². The molecule has 2 rings (SSSR count). The second-order valence-electron chi connectivity index (χ2n) is 2.81. The van der Waals surface area contributed by atoms with Gasteiger partial charge in [0.2, 0.25) is 0 Å². The summed E-state index contributed by atoms with van der Waals surface area (Å²) in [4.78, 5) is 10.4. The molecule has 0 amide bonds. The second-order valence-corrected chi connectivity index (χ2v) is 3.33. The van der Waals surface area contributed by atoms with Crippen LogP contribution in [0.5, 0.6) is 0 Å². The van der Waals surface area contributed by atoms with Crippen LogP contribution in [0.15, 0.2) is 42.7 Å². The Kier molecular flexibility index (Phi) is 5.07. The molecular formula is C10H11N3O2S. The first kappa shape index (κ1) is 12.3. The molecular weight excluding hydrogens is 226 g/mol. The number of aromatic amines is 1. The number of H-pyrrole nitrogens is 1. The van der Waals surface area contributed by atoms with E-state index in [1.54, 1.807) is 36.7 Å². The summed E-state index contributed by atoms with van der Waals surface area (Å²) in [6.07, 6.45) is 3.24. The van der Waals surface area contributed by atoms with E-state index in [0.29, 0.717) is 5.56 Å². The number of nitrogens with one attached hydrogen (secondary N) is 1. The van der Waals surface area contributed by atoms with E-state index in [9.17, 15) is 4.79 Å². The molecule has 1 atom stereocenters. The maximum absolute atomic E-state index is 10.4. The number of benzene rings is 1. The number of carbonyl (C=O) groups is 1. The van der Waals surface area contributed by atoms with Crippen molar-refractivity contribution >= 4 is 18.6 Å². The Morgan fingerprint density at radius 3 is 2.44 bits per heavy atom. The first-order valence-corrected chi connectivity index (χ1v) is 4.99. The molecule has 1 aromatic carbocycles. The van der Waals surface area contributed by atoms with Crippen molar-refractivity contribution < 1.29 is 9.90 Å². The summed E-state index contributed by atoms with van der Waals surface area (Å²) in [7, 11) is 0. The van der Waals surface area contributed by atoms with Crippen LogP contribution in [0.3, 0.4) is 0 Å². The highest BCUT2D eigenvalue weighted by molar-refractivity contribution is 7.81. The van der Waals surface area contributed by atoms with Crippen LogP contribution in [0.2, 0.25) is 0 Å². The van der Waals surface area contributed by atoms with Crippen molar-refractivity contribution in [3.05, 3.63) is 48.3 Å². The largest absolute Gasteiger partial charge is 0.480 e. The van der Waals surface area contributed by atoms with Gasteiger partial charge in [-0.1, -0.05) is 35.5 Å². The van der Waals surface area contributed by atoms with Gasteiger partial charge in [0.05, 0.1) is 6.20 Å². The molecule has 16 heavy (non-hydrogen) atoms. The van der Waals surface area contributed by atoms with Gasteiger partial charge >= 0.3 is 5.97 Å². The van der Waals surface area contributed by atoms with Crippen molar-refractivity contribution in [2.45, 2.75) is 5.25 Å². The minimum atomic E-state index is -0.917. The first-order chi connectivity index (χ1) is 7.72. The number of hydrogen-bond acceptors (Lipinski definition) is 4. The number of carboxylic acids is 1. The monoisotopic (exact) mass is 237 g/mol. The van der Waals surface area contributed by atoms with Crippen molar-refractivity contribution in [3.63, 3.8) is 0 Å². The van der Waals surface area contributed by atoms with Gasteiger partial charge in [-0.15, -0.1) is 5.10 Å². The number of carboxylic acid groups (broad SMARTS) is 1. The number of aromatic nitrogens is 3. The summed E-state index contributed by atoms with van der Waals surface area (Å²) in [5.74, 6) is -0.917. The smallest absolute Gasteiger partial charge is 0.320 e. The number of thiol groups is 1. The zero-order chi connectivity index (χ0) is 11.8. The van der Waals surface area contributed by atoms with Crippen molar-refractivity contribution in [1.29, 1.82) is 0 Å². The van der Waals surface area contributed by atoms with E-state index in [-0.39, 0.29) is 0 Å². The lowest BCUT2D eigenvalue weighted by molar-refractivity contribution is -0.136. The molecule has 0 aliphatic heterocycles. The Bertz CT molecular complexity index is 388. The molecule has 1 heterocycles. The molecule has 2 N–H and O–H groups in total. The Labute approximate surface area is 97.9 Å². The lowest BCUT2D eigenvalue weighted by atomic mass is 10.1. The molecule has 0 bridgehead atoms. The minimum absolute atomic E-state index is 0.711. The van der Waals surface area contributed by atoms with Crippen LogP contribution < -0.4 is 0 Å². The molecule has 0 aliphatic rings. The van der Waals surface area contributed by atoms with Gasteiger partial charge in [-0.25, -0.2) is 0 Å². The van der Waals surface area contributed by atoms with E-state index >= 15 is 0 Å². The summed E-state index contributed by atoms with van der Waals surface area (Å²) in [5.41, 5.74) is 0.711. The Balaban J connectivity index is 0.000000212. The molecule has 1 aromatic heterocycles. The molecule has 0 fully saturated rings. The third-order valence-electron chi connectivity index (χ3n) is 1.68. The van der Waals surface area contributed by atoms with Crippen molar-refractivity contribution in [3.8, 4) is 0 Å². The van der Waals surface area contributed by atoms with E-state index in [2.05, 4.69) is 28.0 Å². The van der Waals surface area contributed by atoms with Gasteiger partial charge in [-0.2, -0.15) is 12.6 Å². The molecule has 0 aliphatic carbocycles. The summed E-state index contributed by atoms with van der Waals surface area (Å²) < 4.78 is 0. The van der Waals surface area contributed by atoms with Gasteiger partial charge < -0.3 is 5.11 Å². The second kappa shape index (κ2) is 6.62. The number of nitrogens with zero attached hydrogens (tertiary/aromatic N) is 2. The Hall–Kier alpha value is -1.82. The molecule has 0 radical (unpaired) electrons. The average molecular weight is 237 g/mol. The molecule has 6 heteroatoms. The fourth-order valence-electron chi connectivity index (χ4n) is 0.945. The maximum Gasteiger partial charge on any atom is 0.320 e. The van der Waals surface area contributed by atoms with Crippen molar-refractivity contribution in [2.75, 3.05) is 0 Å². The van der Waals surface area contributed by atoms with Crippen LogP contribution in [-0.2, 0) is 4.79 Å². The summed E-state index contributed by atoms with van der Waals surface area (Å²) >= 11 is 3.91. The van der Waals surface area contributed by atoms with Crippen molar-refractivity contribution in [1.82, 2.24) is 15.4 Å². The predicted molar refractivity (Wildman–Crippen MR) is 62.2 cm³/mol. The highest BCUT2D eigenvalue weighted by Crippen LogP contribution is 2.18. The fraction of sp³-hybridized carbons (Fsp3) is 0.100. The molecule has 84 valence electrons. The molecule has 5 nitrogen and oxygen atoms in total. The molecule has 0 saturated carbocycles. The Morgan fingerprint density at radius 1 is 1.38 bits per heavy atom. The van der Waals surface area contributed by atoms with Crippen LogP contribution in [0, 0.1) is 0 Å². The van der Waals surface area contributed by atoms with Gasteiger partial charge in [-0.3, -0.25) is 9.89 Å². The third kappa shape index (κ3) is 4.14. The highest BCUT2D eigenvalue weighted by atomic mass is 32.1. The van der Waals surface area contributed by atoms with Crippen LogP contribution in [0.25, 0.3) is 0 Å². The van der Waals surface area contributed by atoms with Crippen LogP contribution in [-0.4, -0.2) is 26.5 Å². The van der Waals surface area contributed by atoms with E-state index in [4.69, 9.17) is 5.11 Å². The fourth-order valence-corrected chi connectivity index (χ4v) is 1.12. The quantitative estimate of drug-likeness (QED) is 0.692. The standard InChI is InChI=1S/C8H8O2S.C2H3N3/c9-8(10)7(11)6-4-2-1-3-5-6;1-2-4-5-3-1/h1-5,7,11H,(H,9,10);1-2H,(H,3,4,5). The SMILES string of the molecule is O=C(O)C(S)c1ccccc1.c1c[nH]nn1. The minimum Gasteiger partial charge on any atom is -0.480 e. The topological polar surface area (TPSA) is 78.9 Å². The maximum atomic E-state index is 10.4. The number of rotatable bonds is 2. The normalized spacial score (nSPS) is 11.1. The molecule has 1 unspecified atom stereocenters. The Morgan fingerprint density at radius 2 is 2.06 bits per heavy atom. The lowest BCUT2D eigenvalue weighted by Crippen LogP contribution is -2.04. The molecule has 0 saturated heterocycles. The van der Waals surface area contributed by atoms with E-state index in [0.717, 1.165) is 0 Å². The van der Waals surface area contributed by atoms with Gasteiger partial charge in [0, 0.05) is 6.20 Å². The first-order valence-electron chi connectivity index (χ1n) is 4.48. The lowest BCUT2D eigenvalue weighted by Gasteiger charge is -2.03. The van der Waals surface area contributed by atoms with Gasteiger partial charge in [-0.05, 0) is 5.56 Å². The average Bonchev–Trinajstić information content (AvgIpc) is 2.88. The van der Waals surface area contributed by atoms with E-state index in [1.807, 2.05) is 6.07 Å². The number of aliphatic carboxylic acids is 1. The molecule has 0 spiro atoms. The zero-order valence-corrected chi connectivity index (χ0v) is 9.21. The zero-order valence-electron chi connectivity index (χ0n) is 8.32. The predicted octanol–water partition coefficient (Wildman–Crippen LogP) is 1.55. The van der Waals surface area contributed by atoms with Gasteiger partial charge in [0.25, 0.3) is 0 Å². The van der Waals surface area contributed by atoms with Gasteiger partial charge in [0.1, 0.15) is 5.25 Å². The molecule has 2 aromatic rings. The highest BCUT2D eigenvalue weighted by Gasteiger charge is 2.12. The number of hydrogen-bond donors (Lipinski definition) is 3. The summed E-state index contributed by atoms with van der Waals surface area (Å²) in [6, 6.07) is 8.91. The van der Waals surface area contributed by atoms with E-state index in [1.165, 1.54) is 0 Å². The van der Waals surface area contributed by atoms with Crippen LogP contribution in [0.4, 0.5) is 0 Å². The van der Waals surface area contributed by atoms with Crippen molar-refractivity contribution in [2.24, 2.45) is 0 Å². The third-order valence-corrected chi connectivity index (χ3v) is 2.20. The van der Waals surface area contributed by atoms with Crippen LogP contribution in [0.1, 0.15) is 10.8 Å². The summed E-state index contributed by atoms with van der Waals surface area (Å²) in [6.45, 7) is 0. The summed E-state index contributed by atoms with van der Waals surface area (Å²) in [5, 5.41) is 17.1. The van der Waals surface area contributed by atoms with E-state index < -0.39 is 11.2 Å².